The van der Waals surface area contributed by atoms with E-state index >= 15 is 0 Å². The van der Waals surface area contributed by atoms with E-state index in [0.717, 1.165) is 23.6 Å². The number of aromatic hydroxyl groups is 1. The first-order chi connectivity index (χ1) is 12.0. The minimum absolute atomic E-state index is 0. The molecular weight excluding hydrogens is 447 g/mol. The Morgan fingerprint density at radius 1 is 1.27 bits per heavy atom. The lowest BCUT2D eigenvalue weighted by Gasteiger charge is -2.11. The number of benzene rings is 1. The molecule has 0 saturated heterocycles. The van der Waals surface area contributed by atoms with E-state index in [-0.39, 0.29) is 29.7 Å². The topological polar surface area (TPSA) is 91.9 Å². The van der Waals surface area contributed by atoms with Crippen LogP contribution in [0.15, 0.2) is 27.6 Å². The summed E-state index contributed by atoms with van der Waals surface area (Å²) in [5, 5.41) is 16.1. The normalized spacial score (nSPS) is 11.0. The van der Waals surface area contributed by atoms with Gasteiger partial charge in [-0.2, -0.15) is 0 Å². The van der Waals surface area contributed by atoms with Crippen molar-refractivity contribution >= 4 is 29.9 Å². The van der Waals surface area contributed by atoms with Crippen molar-refractivity contribution in [3.05, 3.63) is 41.1 Å². The highest BCUT2D eigenvalue weighted by atomic mass is 127. The van der Waals surface area contributed by atoms with Crippen molar-refractivity contribution in [3.63, 3.8) is 0 Å². The number of phenolic OH excluding ortho intramolecular Hbond substituents is 1. The number of rotatable bonds is 7. The molecule has 0 radical (unpaired) electrons. The fourth-order valence-electron chi connectivity index (χ4n) is 2.21. The van der Waals surface area contributed by atoms with Crippen LogP contribution in [0.5, 0.6) is 11.5 Å². The third-order valence-electron chi connectivity index (χ3n) is 3.57. The van der Waals surface area contributed by atoms with Gasteiger partial charge in [-0.25, -0.2) is 9.98 Å². The summed E-state index contributed by atoms with van der Waals surface area (Å²) in [6.07, 6.45) is 0. The maximum absolute atomic E-state index is 9.76. The maximum atomic E-state index is 9.76. The minimum Gasteiger partial charge on any atom is -0.504 e. The number of oxazole rings is 1. The zero-order chi connectivity index (χ0) is 18.2. The molecule has 8 heteroatoms. The Bertz CT molecular complexity index is 712. The molecule has 2 aromatic rings. The molecule has 0 unspecified atom stereocenters. The number of aromatic nitrogens is 1. The van der Waals surface area contributed by atoms with Crippen molar-refractivity contribution in [2.45, 2.75) is 40.8 Å². The zero-order valence-electron chi connectivity index (χ0n) is 15.6. The molecule has 0 bridgehead atoms. The number of halogens is 1. The predicted molar refractivity (Wildman–Crippen MR) is 112 cm³/mol. The van der Waals surface area contributed by atoms with E-state index in [2.05, 4.69) is 20.6 Å². The average Bonchev–Trinajstić information content (AvgIpc) is 2.91. The lowest BCUT2D eigenvalue weighted by molar-refractivity contribution is 0.318. The van der Waals surface area contributed by atoms with Gasteiger partial charge >= 0.3 is 0 Å². The summed E-state index contributed by atoms with van der Waals surface area (Å²) < 4.78 is 11.0. The van der Waals surface area contributed by atoms with Gasteiger partial charge < -0.3 is 24.9 Å². The van der Waals surface area contributed by atoms with E-state index in [1.165, 1.54) is 0 Å². The molecule has 1 heterocycles. The predicted octanol–water partition coefficient (Wildman–Crippen LogP) is 3.27. The minimum atomic E-state index is 0. The lowest BCUT2D eigenvalue weighted by atomic mass is 10.2. The number of nitrogens with one attached hydrogen (secondary N) is 2. The van der Waals surface area contributed by atoms with Gasteiger partial charge in [0.2, 0.25) is 5.89 Å². The Hall–Kier alpha value is -1.97. The van der Waals surface area contributed by atoms with Gasteiger partial charge in [0.1, 0.15) is 5.76 Å². The molecule has 0 atom stereocenters. The summed E-state index contributed by atoms with van der Waals surface area (Å²) in [4.78, 5) is 8.89. The second-order valence-corrected chi connectivity index (χ2v) is 5.53. The average molecular weight is 474 g/mol. The molecule has 0 saturated carbocycles. The zero-order valence-corrected chi connectivity index (χ0v) is 18.0. The third kappa shape index (κ3) is 6.40. The largest absolute Gasteiger partial charge is 0.504 e. The number of phenols is 1. The summed E-state index contributed by atoms with van der Waals surface area (Å²) >= 11 is 0. The number of aryl methyl sites for hydroxylation is 2. The van der Waals surface area contributed by atoms with Crippen LogP contribution in [0.4, 0.5) is 0 Å². The first-order valence-corrected chi connectivity index (χ1v) is 8.43. The Morgan fingerprint density at radius 3 is 2.65 bits per heavy atom. The first kappa shape index (κ1) is 22.1. The van der Waals surface area contributed by atoms with Crippen LogP contribution in [-0.4, -0.2) is 29.2 Å². The molecule has 0 fully saturated rings. The van der Waals surface area contributed by atoms with Crippen molar-refractivity contribution < 1.29 is 14.3 Å². The summed E-state index contributed by atoms with van der Waals surface area (Å²) in [6, 6.07) is 5.24. The van der Waals surface area contributed by atoms with E-state index in [4.69, 9.17) is 9.15 Å². The van der Waals surface area contributed by atoms with Crippen LogP contribution in [-0.2, 0) is 13.1 Å². The van der Waals surface area contributed by atoms with Gasteiger partial charge in [-0.05, 0) is 45.4 Å². The van der Waals surface area contributed by atoms with Crippen LogP contribution in [0.3, 0.4) is 0 Å². The van der Waals surface area contributed by atoms with Crippen molar-refractivity contribution in [2.24, 2.45) is 4.99 Å². The highest BCUT2D eigenvalue weighted by Crippen LogP contribution is 2.27. The van der Waals surface area contributed by atoms with Gasteiger partial charge in [0.25, 0.3) is 0 Å². The highest BCUT2D eigenvalue weighted by molar-refractivity contribution is 14.0. The SMILES string of the molecule is CCNC(=NCc1ccc(O)c(OCC)c1)NCc1nc(C)c(C)o1.I. The van der Waals surface area contributed by atoms with Crippen molar-refractivity contribution in [1.29, 1.82) is 0 Å². The quantitative estimate of drug-likeness (QED) is 0.324. The fraction of sp³-hybridized carbons (Fsp3) is 0.444. The molecule has 0 aliphatic heterocycles. The molecule has 3 N–H and O–H groups in total. The molecule has 144 valence electrons. The van der Waals surface area contributed by atoms with Crippen LogP contribution in [0.1, 0.15) is 36.8 Å². The fourth-order valence-corrected chi connectivity index (χ4v) is 2.21. The second-order valence-electron chi connectivity index (χ2n) is 5.53. The van der Waals surface area contributed by atoms with E-state index in [9.17, 15) is 5.11 Å². The number of guanidine groups is 1. The lowest BCUT2D eigenvalue weighted by Crippen LogP contribution is -2.36. The summed E-state index contributed by atoms with van der Waals surface area (Å²) in [7, 11) is 0. The third-order valence-corrected chi connectivity index (χ3v) is 3.57. The number of nitrogens with zero attached hydrogens (tertiary/aromatic N) is 2. The van der Waals surface area contributed by atoms with Gasteiger partial charge in [-0.15, -0.1) is 24.0 Å². The number of ether oxygens (including phenoxy) is 1. The van der Waals surface area contributed by atoms with Gasteiger partial charge in [-0.1, -0.05) is 6.07 Å². The van der Waals surface area contributed by atoms with Crippen molar-refractivity contribution in [1.82, 2.24) is 15.6 Å². The van der Waals surface area contributed by atoms with Crippen LogP contribution < -0.4 is 15.4 Å². The van der Waals surface area contributed by atoms with Gasteiger partial charge in [-0.3, -0.25) is 0 Å². The smallest absolute Gasteiger partial charge is 0.214 e. The van der Waals surface area contributed by atoms with E-state index in [1.807, 2.05) is 33.8 Å². The Morgan fingerprint density at radius 2 is 2.04 bits per heavy atom. The van der Waals surface area contributed by atoms with E-state index < -0.39 is 0 Å². The Balaban J connectivity index is 0.00000338. The molecule has 0 spiro atoms. The first-order valence-electron chi connectivity index (χ1n) is 8.43. The summed E-state index contributed by atoms with van der Waals surface area (Å²) in [5.74, 6) is 2.73. The molecule has 7 nitrogen and oxygen atoms in total. The maximum Gasteiger partial charge on any atom is 0.214 e. The van der Waals surface area contributed by atoms with Crippen LogP contribution in [0, 0.1) is 13.8 Å². The van der Waals surface area contributed by atoms with Gasteiger partial charge in [0.15, 0.2) is 17.5 Å². The Labute approximate surface area is 171 Å². The number of hydrogen-bond acceptors (Lipinski definition) is 5. The van der Waals surface area contributed by atoms with Gasteiger partial charge in [0.05, 0.1) is 25.4 Å². The molecule has 1 aromatic carbocycles. The molecule has 0 aliphatic carbocycles. The van der Waals surface area contributed by atoms with E-state index in [1.54, 1.807) is 12.1 Å². The van der Waals surface area contributed by atoms with E-state index in [0.29, 0.717) is 37.3 Å². The second kappa shape index (κ2) is 10.9. The van der Waals surface area contributed by atoms with Crippen molar-refractivity contribution in [2.75, 3.05) is 13.2 Å². The standard InChI is InChI=1S/C18H26N4O3.HI/c1-5-19-18(21-11-17-22-12(3)13(4)25-17)20-10-14-7-8-15(23)16(9-14)24-6-2;/h7-9,23H,5-6,10-11H2,1-4H3,(H2,19,20,21);1H. The summed E-state index contributed by atoms with van der Waals surface area (Å²) in [6.45, 7) is 9.86. The Kier molecular flexibility index (Phi) is 9.25. The molecule has 26 heavy (non-hydrogen) atoms. The van der Waals surface area contributed by atoms with Crippen molar-refractivity contribution in [3.8, 4) is 11.5 Å². The molecular formula is C18H27IN4O3. The van der Waals surface area contributed by atoms with Crippen LogP contribution in [0.2, 0.25) is 0 Å². The molecule has 2 rings (SSSR count). The van der Waals surface area contributed by atoms with Crippen LogP contribution >= 0.6 is 24.0 Å². The number of hydrogen-bond donors (Lipinski definition) is 3. The number of aliphatic imine (C=N–C) groups is 1. The summed E-state index contributed by atoms with van der Waals surface area (Å²) in [5.41, 5.74) is 1.84. The van der Waals surface area contributed by atoms with Crippen LogP contribution in [0.25, 0.3) is 0 Å². The molecule has 1 aromatic heterocycles. The molecule has 0 amide bonds. The van der Waals surface area contributed by atoms with Gasteiger partial charge in [0, 0.05) is 6.54 Å². The monoisotopic (exact) mass is 474 g/mol. The highest BCUT2D eigenvalue weighted by Gasteiger charge is 2.07. The molecule has 0 aliphatic rings.